The number of allylic oxidation sites excluding steroid dienone is 3. The van der Waals surface area contributed by atoms with Gasteiger partial charge in [0.15, 0.2) is 0 Å². The van der Waals surface area contributed by atoms with Gasteiger partial charge in [-0.1, -0.05) is 51.7 Å². The van der Waals surface area contributed by atoms with Gasteiger partial charge in [0.1, 0.15) is 6.10 Å². The second-order valence-corrected chi connectivity index (χ2v) is 12.5. The van der Waals surface area contributed by atoms with Gasteiger partial charge in [0, 0.05) is 24.0 Å². The molecule has 4 aliphatic rings. The van der Waals surface area contributed by atoms with E-state index in [-0.39, 0.29) is 35.9 Å². The lowest BCUT2D eigenvalue weighted by atomic mass is 9.60. The van der Waals surface area contributed by atoms with Crippen LogP contribution in [-0.2, 0) is 9.53 Å². The van der Waals surface area contributed by atoms with E-state index >= 15 is 0 Å². The number of hydrogen-bond acceptors (Lipinski definition) is 5. The second-order valence-electron chi connectivity index (χ2n) is 12.5. The first-order valence-corrected chi connectivity index (χ1v) is 14.6. The van der Waals surface area contributed by atoms with Gasteiger partial charge in [0.05, 0.1) is 12.2 Å². The number of ether oxygens (including phenoxy) is 1. The Morgan fingerprint density at radius 1 is 1.19 bits per heavy atom. The van der Waals surface area contributed by atoms with E-state index in [1.165, 1.54) is 31.3 Å². The summed E-state index contributed by atoms with van der Waals surface area (Å²) in [5, 5.41) is 30.6. The molecule has 4 rings (SSSR count). The highest BCUT2D eigenvalue weighted by molar-refractivity contribution is 5.90. The predicted molar refractivity (Wildman–Crippen MR) is 147 cm³/mol. The third kappa shape index (κ3) is 5.42. The highest BCUT2D eigenvalue weighted by Crippen LogP contribution is 2.60. The zero-order valence-electron chi connectivity index (χ0n) is 23.1. The first-order valence-electron chi connectivity index (χ1n) is 14.6. The topological polar surface area (TPSA) is 87.0 Å². The van der Waals surface area contributed by atoms with Crippen molar-refractivity contribution < 1.29 is 24.9 Å². The minimum atomic E-state index is -0.763. The standard InChI is InChI=1S/C32H48O5/c1-6-24-21(4)31(36)37-29(24)17-19(2)26-13-14-27-22(9-7-15-32(26,27)5)11-12-23-18-28(34)25(10-8-16-33)30(35)20(23)3/h11-12,19,24-30,33-35H,3-4,6-10,13-18H2,1-2,5H3/b22-11+,23-12-/t19-,24+,25+,26-,27+,28-,29-,30-,32-/m1/s1. The SMILES string of the molecule is C=C1/C(=C\C=C2/CCC[C@]3(C)[C@@H]([C@H](C)C[C@H]4OC(=O)C(=C)[C@@H]4CC)CC[C@@H]23)C[C@@H](O)[C@H](CCCO)[C@@H]1O. The summed E-state index contributed by atoms with van der Waals surface area (Å²) >= 11 is 0. The summed E-state index contributed by atoms with van der Waals surface area (Å²) in [6.07, 6.45) is 12.3. The van der Waals surface area contributed by atoms with Crippen LogP contribution in [0.3, 0.4) is 0 Å². The summed E-state index contributed by atoms with van der Waals surface area (Å²) in [5.74, 6) is 1.28. The molecular weight excluding hydrogens is 464 g/mol. The van der Waals surface area contributed by atoms with Crippen LogP contribution in [0.25, 0.3) is 0 Å². The molecule has 0 aromatic carbocycles. The minimum absolute atomic E-state index is 0.0395. The Balaban J connectivity index is 1.46. The summed E-state index contributed by atoms with van der Waals surface area (Å²) in [6.45, 7) is 15.1. The smallest absolute Gasteiger partial charge is 0.334 e. The molecule has 1 heterocycles. The van der Waals surface area contributed by atoms with E-state index in [2.05, 4.69) is 46.1 Å². The molecule has 9 atom stereocenters. The number of hydrogen-bond donors (Lipinski definition) is 3. The first-order chi connectivity index (χ1) is 17.6. The van der Waals surface area contributed by atoms with Gasteiger partial charge in [-0.3, -0.25) is 0 Å². The fourth-order valence-corrected chi connectivity index (χ4v) is 8.36. The van der Waals surface area contributed by atoms with Crippen molar-refractivity contribution in [2.24, 2.45) is 35.0 Å². The molecule has 0 spiro atoms. The van der Waals surface area contributed by atoms with E-state index in [0.717, 1.165) is 24.8 Å². The molecule has 1 aliphatic heterocycles. The van der Waals surface area contributed by atoms with Gasteiger partial charge in [0.25, 0.3) is 0 Å². The Hall–Kier alpha value is -1.69. The van der Waals surface area contributed by atoms with Crippen molar-refractivity contribution >= 4 is 5.97 Å². The Bertz CT molecular complexity index is 947. The molecular formula is C32H48O5. The van der Waals surface area contributed by atoms with Gasteiger partial charge >= 0.3 is 5.97 Å². The van der Waals surface area contributed by atoms with Gasteiger partial charge in [-0.25, -0.2) is 4.79 Å². The number of aliphatic hydroxyl groups is 3. The van der Waals surface area contributed by atoms with Crippen LogP contribution < -0.4 is 0 Å². The van der Waals surface area contributed by atoms with E-state index in [1.54, 1.807) is 0 Å². The predicted octanol–water partition coefficient (Wildman–Crippen LogP) is 5.66. The van der Waals surface area contributed by atoms with Crippen LogP contribution in [0.5, 0.6) is 0 Å². The lowest BCUT2D eigenvalue weighted by Gasteiger charge is -2.45. The average molecular weight is 513 g/mol. The molecule has 0 unspecified atom stereocenters. The van der Waals surface area contributed by atoms with Crippen molar-refractivity contribution in [1.29, 1.82) is 0 Å². The number of esters is 1. The van der Waals surface area contributed by atoms with Gasteiger partial charge in [-0.15, -0.1) is 0 Å². The number of carbonyl (C=O) groups excluding carboxylic acids is 1. The van der Waals surface area contributed by atoms with Gasteiger partial charge in [0.2, 0.25) is 0 Å². The van der Waals surface area contributed by atoms with E-state index < -0.39 is 12.2 Å². The normalized spacial score (nSPS) is 41.4. The van der Waals surface area contributed by atoms with Crippen LogP contribution in [-0.4, -0.2) is 46.2 Å². The lowest BCUT2D eigenvalue weighted by molar-refractivity contribution is -0.140. The molecule has 206 valence electrons. The monoisotopic (exact) mass is 512 g/mol. The molecule has 0 aromatic rings. The largest absolute Gasteiger partial charge is 0.458 e. The Morgan fingerprint density at radius 2 is 1.95 bits per heavy atom. The molecule has 5 heteroatoms. The lowest BCUT2D eigenvalue weighted by Crippen LogP contribution is -2.38. The molecule has 3 aliphatic carbocycles. The maximum atomic E-state index is 12.1. The molecule has 4 fully saturated rings. The van der Waals surface area contributed by atoms with E-state index in [0.29, 0.717) is 48.2 Å². The van der Waals surface area contributed by atoms with E-state index in [9.17, 15) is 15.0 Å². The fourth-order valence-electron chi connectivity index (χ4n) is 8.36. The van der Waals surface area contributed by atoms with Crippen LogP contribution in [0, 0.1) is 35.0 Å². The number of aliphatic hydroxyl groups excluding tert-OH is 3. The highest BCUT2D eigenvalue weighted by Gasteiger charge is 2.51. The van der Waals surface area contributed by atoms with E-state index in [1.807, 2.05) is 0 Å². The molecule has 1 saturated heterocycles. The molecule has 0 radical (unpaired) electrons. The van der Waals surface area contributed by atoms with Crippen molar-refractivity contribution in [3.05, 3.63) is 47.6 Å². The number of fused-ring (bicyclic) bond motifs is 1. The van der Waals surface area contributed by atoms with Gasteiger partial charge in [-0.05, 0) is 98.5 Å². The summed E-state index contributed by atoms with van der Waals surface area (Å²) in [4.78, 5) is 12.1. The molecule has 5 nitrogen and oxygen atoms in total. The molecule has 0 aromatic heterocycles. The fraction of sp³-hybridized carbons (Fsp3) is 0.719. The summed E-state index contributed by atoms with van der Waals surface area (Å²) in [5.41, 5.74) is 4.02. The zero-order valence-corrected chi connectivity index (χ0v) is 23.1. The molecule has 37 heavy (non-hydrogen) atoms. The average Bonchev–Trinajstić information content (AvgIpc) is 3.35. The van der Waals surface area contributed by atoms with Crippen molar-refractivity contribution in [2.75, 3.05) is 6.61 Å². The number of carbonyl (C=O) groups is 1. The quantitative estimate of drug-likeness (QED) is 0.289. The maximum Gasteiger partial charge on any atom is 0.334 e. The van der Waals surface area contributed by atoms with Crippen LogP contribution in [0.1, 0.15) is 85.0 Å². The van der Waals surface area contributed by atoms with Crippen molar-refractivity contribution in [3.63, 3.8) is 0 Å². The summed E-state index contributed by atoms with van der Waals surface area (Å²) in [6, 6.07) is 0. The molecule has 3 saturated carbocycles. The molecule has 0 amide bonds. The highest BCUT2D eigenvalue weighted by atomic mass is 16.6. The van der Waals surface area contributed by atoms with Crippen LogP contribution in [0.15, 0.2) is 47.6 Å². The third-order valence-electron chi connectivity index (χ3n) is 10.5. The molecule has 3 N–H and O–H groups in total. The Labute approximate surface area is 223 Å². The summed E-state index contributed by atoms with van der Waals surface area (Å²) < 4.78 is 5.74. The summed E-state index contributed by atoms with van der Waals surface area (Å²) in [7, 11) is 0. The molecule has 0 bridgehead atoms. The zero-order chi connectivity index (χ0) is 26.9. The Morgan fingerprint density at radius 3 is 2.65 bits per heavy atom. The van der Waals surface area contributed by atoms with E-state index in [4.69, 9.17) is 9.84 Å². The van der Waals surface area contributed by atoms with Crippen LogP contribution >= 0.6 is 0 Å². The van der Waals surface area contributed by atoms with Crippen LogP contribution in [0.2, 0.25) is 0 Å². The third-order valence-corrected chi connectivity index (χ3v) is 10.5. The first kappa shape index (κ1) is 28.3. The van der Waals surface area contributed by atoms with Crippen molar-refractivity contribution in [2.45, 2.75) is 103 Å². The van der Waals surface area contributed by atoms with Crippen LogP contribution in [0.4, 0.5) is 0 Å². The van der Waals surface area contributed by atoms with Crippen molar-refractivity contribution in [3.8, 4) is 0 Å². The number of rotatable bonds is 8. The van der Waals surface area contributed by atoms with Gasteiger partial charge in [-0.2, -0.15) is 0 Å². The minimum Gasteiger partial charge on any atom is -0.458 e. The van der Waals surface area contributed by atoms with Crippen molar-refractivity contribution in [1.82, 2.24) is 0 Å². The Kier molecular flexibility index (Phi) is 8.87. The maximum absolute atomic E-state index is 12.1. The second kappa shape index (κ2) is 11.6. The number of cyclic esters (lactones) is 1. The van der Waals surface area contributed by atoms with Gasteiger partial charge < -0.3 is 20.1 Å².